The van der Waals surface area contributed by atoms with Gasteiger partial charge in [0.2, 0.25) is 0 Å². The van der Waals surface area contributed by atoms with Gasteiger partial charge in [-0.25, -0.2) is 9.13 Å². The van der Waals surface area contributed by atoms with E-state index in [2.05, 4.69) is 74.5 Å². The average Bonchev–Trinajstić information content (AvgIpc) is 3.29. The number of phosphoric acid groups is 2. The number of hydrogen-bond acceptors (Lipinski definition) is 13. The van der Waals surface area contributed by atoms with Crippen LogP contribution < -0.4 is 0 Å². The Morgan fingerprint density at radius 3 is 1.15 bits per heavy atom. The van der Waals surface area contributed by atoms with E-state index in [0.717, 1.165) is 83.5 Å². The summed E-state index contributed by atoms with van der Waals surface area (Å²) < 4.78 is 53.0. The zero-order valence-electron chi connectivity index (χ0n) is 40.3. The summed E-state index contributed by atoms with van der Waals surface area (Å²) >= 11 is 0. The van der Waals surface area contributed by atoms with Crippen molar-refractivity contribution in [3.8, 4) is 0 Å². The lowest BCUT2D eigenvalue weighted by atomic mass is 10.1. The van der Waals surface area contributed by atoms with Crippen molar-refractivity contribution in [3.05, 3.63) is 60.8 Å². The number of allylic oxidation sites excluding steroid dienone is 10. The van der Waals surface area contributed by atoms with Crippen LogP contribution in [0.3, 0.4) is 0 Å². The quantitative estimate of drug-likeness (QED) is 0.0126. The fraction of sp³-hybridized carbons (Fsp3) is 0.755. The third kappa shape index (κ3) is 46.8. The molecule has 15 nitrogen and oxygen atoms in total. The van der Waals surface area contributed by atoms with E-state index in [9.17, 15) is 43.8 Å². The Labute approximate surface area is 397 Å². The largest absolute Gasteiger partial charge is 0.472 e. The molecule has 0 spiro atoms. The highest BCUT2D eigenvalue weighted by atomic mass is 31.2. The van der Waals surface area contributed by atoms with Gasteiger partial charge >= 0.3 is 27.6 Å². The van der Waals surface area contributed by atoms with Crippen LogP contribution >= 0.6 is 15.6 Å². The molecule has 0 aromatic carbocycles. The van der Waals surface area contributed by atoms with Gasteiger partial charge in [0.15, 0.2) is 0 Å². The second-order valence-corrected chi connectivity index (χ2v) is 19.4. The predicted molar refractivity (Wildman–Crippen MR) is 260 cm³/mol. The van der Waals surface area contributed by atoms with Crippen LogP contribution in [0, 0.1) is 0 Å². The van der Waals surface area contributed by atoms with Crippen LogP contribution in [0.5, 0.6) is 0 Å². The molecule has 0 aromatic heterocycles. The summed E-state index contributed by atoms with van der Waals surface area (Å²) in [5.74, 6) is -1.01. The van der Waals surface area contributed by atoms with Crippen LogP contribution in [0.1, 0.15) is 181 Å². The molecule has 5 unspecified atom stereocenters. The minimum atomic E-state index is -4.79. The smallest absolute Gasteiger partial charge is 0.463 e. The minimum absolute atomic E-state index is 0.181. The molecular formula is C49H88O15P2. The number of carbonyl (C=O) groups excluding carboxylic acids is 2. The van der Waals surface area contributed by atoms with Gasteiger partial charge in [-0.2, -0.15) is 0 Å². The summed E-state index contributed by atoms with van der Waals surface area (Å²) in [7, 11) is -9.58. The number of esters is 2. The van der Waals surface area contributed by atoms with Gasteiger partial charge in [0.1, 0.15) is 31.5 Å². The number of hydrogen-bond donors (Lipinski definition) is 5. The molecule has 17 heteroatoms. The predicted octanol–water partition coefficient (Wildman–Crippen LogP) is 11.4. The molecule has 0 saturated heterocycles. The van der Waals surface area contributed by atoms with E-state index in [1.165, 1.54) is 57.8 Å². The number of carbonyl (C=O) groups is 2. The standard InChI is InChI=1S/C49H88O15P2/c1-3-5-7-9-11-13-15-17-19-20-21-22-24-26-28-30-32-34-36-38-49(54)60-40-46(51)42-62-66(57,58)64-44-47(52)43-63-65(55,56)61-41-45(50)39-59-48(53)37-35-33-31-29-27-25-23-18-16-14-12-10-8-6-4-2/h6,8,10-14,16-17,19,45-47,50-52H,3-5,7,9,15,18,20-44H2,1-2H3,(H,55,56)(H,57,58)/b8-6+,12-10+,13-11-,16-14+,19-17-. The molecule has 384 valence electrons. The summed E-state index contributed by atoms with van der Waals surface area (Å²) in [6, 6.07) is 0. The number of unbranched alkanes of at least 4 members (excludes halogenated alkanes) is 19. The van der Waals surface area contributed by atoms with Gasteiger partial charge in [0, 0.05) is 12.8 Å². The first-order valence-electron chi connectivity index (χ1n) is 24.7. The highest BCUT2D eigenvalue weighted by Gasteiger charge is 2.28. The van der Waals surface area contributed by atoms with E-state index in [1.54, 1.807) is 0 Å². The topological polar surface area (TPSA) is 225 Å². The SMILES string of the molecule is CC/C=C/C=C/C=C/CCCCCCCCCC(=O)OCC(O)COP(=O)(O)OCC(O)COP(=O)(O)OCC(O)COC(=O)CCCCCCCCCCC/C=C\C/C=C\CCCCC. The lowest BCUT2D eigenvalue weighted by Gasteiger charge is -2.19. The van der Waals surface area contributed by atoms with E-state index >= 15 is 0 Å². The van der Waals surface area contributed by atoms with Gasteiger partial charge < -0.3 is 34.6 Å². The van der Waals surface area contributed by atoms with Crippen molar-refractivity contribution in [2.45, 2.75) is 199 Å². The van der Waals surface area contributed by atoms with E-state index in [4.69, 9.17) is 9.47 Å². The molecule has 0 amide bonds. The van der Waals surface area contributed by atoms with Crippen molar-refractivity contribution < 1.29 is 71.4 Å². The summed E-state index contributed by atoms with van der Waals surface area (Å²) in [5, 5.41) is 30.0. The first kappa shape index (κ1) is 63.7. The summed E-state index contributed by atoms with van der Waals surface area (Å²) in [6.07, 6.45) is 43.5. The lowest BCUT2D eigenvalue weighted by molar-refractivity contribution is -0.148. The molecule has 0 bridgehead atoms. The second kappa shape index (κ2) is 45.2. The molecule has 0 aromatic rings. The molecule has 0 aliphatic carbocycles. The zero-order chi connectivity index (χ0) is 48.8. The maximum Gasteiger partial charge on any atom is 0.472 e. The molecule has 0 fully saturated rings. The molecule has 0 radical (unpaired) electrons. The van der Waals surface area contributed by atoms with Crippen molar-refractivity contribution in [1.29, 1.82) is 0 Å². The molecule has 0 rings (SSSR count). The van der Waals surface area contributed by atoms with Crippen LogP contribution in [0.15, 0.2) is 60.8 Å². The van der Waals surface area contributed by atoms with Crippen LogP contribution in [-0.2, 0) is 46.3 Å². The van der Waals surface area contributed by atoms with E-state index in [1.807, 2.05) is 18.2 Å². The van der Waals surface area contributed by atoms with Gasteiger partial charge in [-0.3, -0.25) is 27.7 Å². The van der Waals surface area contributed by atoms with E-state index in [-0.39, 0.29) is 12.8 Å². The van der Waals surface area contributed by atoms with Gasteiger partial charge in [0.05, 0.1) is 26.4 Å². The van der Waals surface area contributed by atoms with E-state index < -0.39 is 85.5 Å². The summed E-state index contributed by atoms with van der Waals surface area (Å²) in [6.45, 7) is 0.248. The second-order valence-electron chi connectivity index (χ2n) is 16.5. The minimum Gasteiger partial charge on any atom is -0.463 e. The highest BCUT2D eigenvalue weighted by molar-refractivity contribution is 7.47. The fourth-order valence-corrected chi connectivity index (χ4v) is 7.77. The third-order valence-corrected chi connectivity index (χ3v) is 11.9. The molecule has 0 aliphatic rings. The number of phosphoric ester groups is 2. The Balaban J connectivity index is 3.88. The molecule has 0 saturated carbocycles. The Morgan fingerprint density at radius 2 is 0.758 bits per heavy atom. The normalized spacial score (nSPS) is 15.6. The molecule has 0 aliphatic heterocycles. The molecule has 66 heavy (non-hydrogen) atoms. The Bertz CT molecular complexity index is 1420. The summed E-state index contributed by atoms with van der Waals surface area (Å²) in [5.41, 5.74) is 0. The first-order chi connectivity index (χ1) is 31.8. The summed E-state index contributed by atoms with van der Waals surface area (Å²) in [4.78, 5) is 43.8. The van der Waals surface area contributed by atoms with Gasteiger partial charge in [-0.1, -0.05) is 164 Å². The Morgan fingerprint density at radius 1 is 0.424 bits per heavy atom. The molecular weight excluding hydrogens is 890 g/mol. The Hall–Kier alpha value is -2.26. The first-order valence-corrected chi connectivity index (χ1v) is 27.7. The number of ether oxygens (including phenoxy) is 2. The number of aliphatic hydroxyl groups excluding tert-OH is 3. The zero-order valence-corrected chi connectivity index (χ0v) is 42.1. The molecule has 5 N–H and O–H groups in total. The van der Waals surface area contributed by atoms with Crippen LogP contribution in [-0.4, -0.2) is 95.0 Å². The van der Waals surface area contributed by atoms with Gasteiger partial charge in [-0.15, -0.1) is 0 Å². The van der Waals surface area contributed by atoms with Crippen LogP contribution in [0.25, 0.3) is 0 Å². The average molecular weight is 979 g/mol. The monoisotopic (exact) mass is 979 g/mol. The van der Waals surface area contributed by atoms with Crippen molar-refractivity contribution in [2.24, 2.45) is 0 Å². The molecule has 5 atom stereocenters. The maximum atomic E-state index is 12.2. The van der Waals surface area contributed by atoms with Crippen molar-refractivity contribution in [3.63, 3.8) is 0 Å². The highest BCUT2D eigenvalue weighted by Crippen LogP contribution is 2.45. The van der Waals surface area contributed by atoms with Crippen LogP contribution in [0.2, 0.25) is 0 Å². The fourth-order valence-electron chi connectivity index (χ4n) is 6.18. The van der Waals surface area contributed by atoms with E-state index in [0.29, 0.717) is 12.8 Å². The van der Waals surface area contributed by atoms with Crippen LogP contribution in [0.4, 0.5) is 0 Å². The van der Waals surface area contributed by atoms with Crippen molar-refractivity contribution in [2.75, 3.05) is 39.6 Å². The van der Waals surface area contributed by atoms with Gasteiger partial charge in [-0.05, 0) is 64.2 Å². The number of aliphatic hydroxyl groups is 3. The van der Waals surface area contributed by atoms with Gasteiger partial charge in [0.25, 0.3) is 0 Å². The number of rotatable bonds is 47. The third-order valence-electron chi connectivity index (χ3n) is 10.0. The lowest BCUT2D eigenvalue weighted by Crippen LogP contribution is -2.25. The molecule has 0 heterocycles. The maximum absolute atomic E-state index is 12.2. The Kier molecular flexibility index (Phi) is 43.7. The van der Waals surface area contributed by atoms with Crippen molar-refractivity contribution >= 4 is 27.6 Å². The van der Waals surface area contributed by atoms with Crippen molar-refractivity contribution in [1.82, 2.24) is 0 Å².